The van der Waals surface area contributed by atoms with Crippen LogP contribution in [0.15, 0.2) is 539 Å². The van der Waals surface area contributed by atoms with E-state index in [4.69, 9.17) is 0 Å². The number of hydrogen-bond acceptors (Lipinski definition) is 5. The third-order valence-electron chi connectivity index (χ3n) is 29.0. The van der Waals surface area contributed by atoms with Crippen molar-refractivity contribution in [3.63, 3.8) is 0 Å². The monoisotopic (exact) mass is 1800 g/mol. The fraction of sp³-hybridized carbons (Fsp3) is 0.0303. The third-order valence-corrected chi connectivity index (χ3v) is 32.4. The van der Waals surface area contributed by atoms with Crippen molar-refractivity contribution in [2.75, 3.05) is 10.6 Å². The van der Waals surface area contributed by atoms with Crippen molar-refractivity contribution in [1.82, 2.24) is 0 Å². The molecule has 5 heteroatoms. The van der Waals surface area contributed by atoms with Gasteiger partial charge in [-0.25, -0.2) is 0 Å². The van der Waals surface area contributed by atoms with Gasteiger partial charge in [0.15, 0.2) is 0 Å². The minimum absolute atomic E-state index is 0.296. The summed E-state index contributed by atoms with van der Waals surface area (Å²) in [6, 6.07) is 187. The number of nitrogens with one attached hydrogen (secondary N) is 2. The molecule has 6 aliphatic rings. The third kappa shape index (κ3) is 13.6. The Morgan fingerprint density at radius 1 is 0.168 bits per heavy atom. The molecule has 644 valence electrons. The van der Waals surface area contributed by atoms with E-state index in [1.54, 1.807) is 0 Å². The zero-order valence-electron chi connectivity index (χ0n) is 74.9. The molecule has 22 aromatic carbocycles. The van der Waals surface area contributed by atoms with Crippen LogP contribution in [0.1, 0.15) is 77.9 Å². The predicted octanol–water partition coefficient (Wildman–Crippen LogP) is 35.3. The Morgan fingerprint density at radius 2 is 0.533 bits per heavy atom. The zero-order chi connectivity index (χ0) is 90.5. The Hall–Kier alpha value is -16.0. The lowest BCUT2D eigenvalue weighted by Gasteiger charge is -2.40. The molecule has 0 radical (unpaired) electrons. The Morgan fingerprint density at radius 3 is 1.12 bits per heavy atom. The Bertz CT molecular complexity index is 8450. The maximum atomic E-state index is 3.84. The largest absolute Gasteiger partial charge is 0.356 e. The Balaban J connectivity index is 0.000000107. The van der Waals surface area contributed by atoms with Gasteiger partial charge in [-0.2, -0.15) is 0 Å². The van der Waals surface area contributed by atoms with Gasteiger partial charge in [0.25, 0.3) is 0 Å². The van der Waals surface area contributed by atoms with Crippen molar-refractivity contribution < 1.29 is 0 Å². The minimum Gasteiger partial charge on any atom is -0.356 e. The normalized spacial score (nSPS) is 14.2. The van der Waals surface area contributed by atoms with E-state index in [0.717, 1.165) is 29.2 Å². The molecule has 137 heavy (non-hydrogen) atoms. The molecule has 28 rings (SSSR count). The highest BCUT2D eigenvalue weighted by Gasteiger charge is 2.54. The summed E-state index contributed by atoms with van der Waals surface area (Å²) in [6.07, 6.45) is 0.913. The fourth-order valence-electron chi connectivity index (χ4n) is 23.1. The lowest BCUT2D eigenvalue weighted by atomic mass is 9.67. The molecule has 3 aliphatic carbocycles. The zero-order valence-corrected chi connectivity index (χ0v) is 77.4. The van der Waals surface area contributed by atoms with Crippen LogP contribution < -0.4 is 10.6 Å². The average Bonchev–Trinajstić information content (AvgIpc) is 1.54. The fourth-order valence-corrected chi connectivity index (χ4v) is 26.8. The summed E-state index contributed by atoms with van der Waals surface area (Å²) in [5, 5.41) is 12.6. The van der Waals surface area contributed by atoms with Gasteiger partial charge in [0.05, 0.1) is 16.2 Å². The van der Waals surface area contributed by atoms with E-state index >= 15 is 0 Å². The maximum absolute atomic E-state index is 3.84. The van der Waals surface area contributed by atoms with Gasteiger partial charge in [-0.3, -0.25) is 0 Å². The molecule has 0 aromatic heterocycles. The molecule has 0 saturated carbocycles. The van der Waals surface area contributed by atoms with Gasteiger partial charge in [-0.05, 0) is 268 Å². The van der Waals surface area contributed by atoms with E-state index in [1.807, 2.05) is 35.3 Å². The van der Waals surface area contributed by atoms with Crippen LogP contribution >= 0.6 is 35.3 Å². The molecule has 3 aliphatic heterocycles. The molecule has 0 saturated heterocycles. The van der Waals surface area contributed by atoms with Gasteiger partial charge in [0.1, 0.15) is 0 Å². The highest BCUT2D eigenvalue weighted by molar-refractivity contribution is 8.00. The molecular formula is C132H88N2S3. The first-order valence-corrected chi connectivity index (χ1v) is 49.7. The van der Waals surface area contributed by atoms with Crippen LogP contribution in [0.4, 0.5) is 22.7 Å². The minimum atomic E-state index is -0.418. The standard InChI is InChI=1S/2C47H31NS.C38H26S/c1-3-13-31(14-4-1)33-23-26-42-45(29-33)49-46-30-34(48-44-28-25-35(32-15-5-2-6-16-32)36-17-7-8-20-39(36)44)24-27-43(46)47(42)40-21-11-9-18-37(40)38-19-10-12-22-41(38)47;1-2-11-31(12-3-1)34-14-10-15-35(29-34)32-21-24-36(25-22-32)48-37-26-28-45-43(30-37)47(41-19-8-9-20-44(41)49-45)40-18-7-6-17-39(40)46-38-16-5-4-13-33(38)23-27-42(46)47;1-2-12-28(13-3-1)29-14-10-11-26(24-29)23-27-21-22-35-37(25-27)39-36-20-9-8-19-34(36)38(35)32-17-6-4-15-30(32)31-16-5-7-18-33(31)38/h2*1-30,48H;1-22,24-25H,23H2. The lowest BCUT2D eigenvalue weighted by Crippen LogP contribution is -2.32. The summed E-state index contributed by atoms with van der Waals surface area (Å²) in [4.78, 5) is 7.90. The number of rotatable bonds is 11. The first-order chi connectivity index (χ1) is 67.9. The second kappa shape index (κ2) is 33.9. The van der Waals surface area contributed by atoms with Crippen molar-refractivity contribution in [2.45, 2.75) is 52.0 Å². The van der Waals surface area contributed by atoms with E-state index in [2.05, 4.69) is 520 Å². The molecule has 0 bridgehead atoms. The summed E-state index contributed by atoms with van der Waals surface area (Å²) >= 11 is 5.69. The molecule has 22 aromatic rings. The first kappa shape index (κ1) is 81.8. The maximum Gasteiger partial charge on any atom is 0.0736 e. The van der Waals surface area contributed by atoms with Crippen molar-refractivity contribution in [2.24, 2.45) is 0 Å². The van der Waals surface area contributed by atoms with Crippen molar-refractivity contribution in [3.8, 4) is 89.0 Å². The summed E-state index contributed by atoms with van der Waals surface area (Å²) in [5.74, 6) is 0. The summed E-state index contributed by atoms with van der Waals surface area (Å²) < 4.78 is 0. The second-order valence-corrected chi connectivity index (χ2v) is 39.7. The molecule has 1 atom stereocenters. The lowest BCUT2D eigenvalue weighted by molar-refractivity contribution is 0.721. The van der Waals surface area contributed by atoms with Crippen molar-refractivity contribution >= 4 is 79.6 Å². The van der Waals surface area contributed by atoms with E-state index in [1.165, 1.54) is 218 Å². The van der Waals surface area contributed by atoms with Gasteiger partial charge in [0.2, 0.25) is 0 Å². The van der Waals surface area contributed by atoms with Crippen molar-refractivity contribution in [3.05, 3.63) is 587 Å². The smallest absolute Gasteiger partial charge is 0.0736 e. The van der Waals surface area contributed by atoms with Gasteiger partial charge >= 0.3 is 0 Å². The molecule has 3 spiro atoms. The van der Waals surface area contributed by atoms with Gasteiger partial charge in [-0.1, -0.05) is 466 Å². The molecule has 0 amide bonds. The molecule has 3 heterocycles. The van der Waals surface area contributed by atoms with Crippen LogP contribution in [-0.2, 0) is 22.7 Å². The van der Waals surface area contributed by atoms with Crippen LogP contribution in [0.5, 0.6) is 0 Å². The number of fused-ring (bicyclic) bond motifs is 30. The summed E-state index contributed by atoms with van der Waals surface area (Å²) in [7, 11) is 0. The van der Waals surface area contributed by atoms with Gasteiger partial charge in [-0.15, -0.1) is 0 Å². The Labute approximate surface area is 812 Å². The number of hydrogen-bond donors (Lipinski definition) is 2. The van der Waals surface area contributed by atoms with E-state index < -0.39 is 10.8 Å². The van der Waals surface area contributed by atoms with Crippen LogP contribution in [-0.4, -0.2) is 0 Å². The quantitative estimate of drug-likeness (QED) is 0.134. The number of anilines is 4. The molecule has 2 nitrogen and oxygen atoms in total. The molecule has 2 N–H and O–H groups in total. The predicted molar refractivity (Wildman–Crippen MR) is 574 cm³/mol. The average molecular weight is 1800 g/mol. The van der Waals surface area contributed by atoms with Crippen molar-refractivity contribution in [1.29, 1.82) is 0 Å². The molecule has 1 unspecified atom stereocenters. The van der Waals surface area contributed by atoms with E-state index in [9.17, 15) is 0 Å². The van der Waals surface area contributed by atoms with E-state index in [-0.39, 0.29) is 5.41 Å². The van der Waals surface area contributed by atoms with Crippen LogP contribution in [0.3, 0.4) is 0 Å². The molecular weight excluding hydrogens is 1710 g/mol. The molecule has 0 fully saturated rings. The first-order valence-electron chi connectivity index (χ1n) is 47.3. The van der Waals surface area contributed by atoms with Crippen LogP contribution in [0.2, 0.25) is 0 Å². The highest BCUT2D eigenvalue weighted by atomic mass is 32.2. The second-order valence-electron chi connectivity index (χ2n) is 36.4. The van der Waals surface area contributed by atoms with Gasteiger partial charge in [0, 0.05) is 57.5 Å². The summed E-state index contributed by atoms with van der Waals surface area (Å²) in [5.41, 5.74) is 42.7. The number of benzene rings is 22. The van der Waals surface area contributed by atoms with E-state index in [0.29, 0.717) is 0 Å². The topological polar surface area (TPSA) is 24.1 Å². The Kier molecular flexibility index (Phi) is 20.2. The van der Waals surface area contributed by atoms with Gasteiger partial charge < -0.3 is 10.6 Å². The summed E-state index contributed by atoms with van der Waals surface area (Å²) in [6.45, 7) is 0. The van der Waals surface area contributed by atoms with Crippen LogP contribution in [0, 0.1) is 0 Å². The highest BCUT2D eigenvalue weighted by Crippen LogP contribution is 2.67. The SMILES string of the molecule is c1ccc(-c2ccc3c(c2)Sc2cc(Nc4ccc(-c5ccccc5)c5ccccc45)ccc2C32c3ccccc3-c3ccccc32)cc1.c1ccc(-c2cccc(-c3ccc(Nc4ccc5c(c4)C4(c6ccccc6S5)c5ccccc5-c5c4ccc4ccccc54)cc3)c2)cc1.c1ccc(-c2cccc(Cc3ccc4c(c3)Sc3ccccc3C43c4ccccc4-c4ccccc43)c2)cc1. The van der Waals surface area contributed by atoms with Crippen LogP contribution in [0.25, 0.3) is 111 Å².